The Kier molecular flexibility index (Phi) is 17.8. The van der Waals surface area contributed by atoms with Crippen molar-refractivity contribution < 1.29 is 38.7 Å². The quantitative estimate of drug-likeness (QED) is 0.236. The van der Waals surface area contributed by atoms with E-state index in [4.69, 9.17) is 18.9 Å². The van der Waals surface area contributed by atoms with Gasteiger partial charge in [-0.15, -0.1) is 0 Å². The summed E-state index contributed by atoms with van der Waals surface area (Å²) in [5, 5.41) is 19.5. The van der Waals surface area contributed by atoms with E-state index in [1.165, 1.54) is 0 Å². The van der Waals surface area contributed by atoms with Gasteiger partial charge in [0, 0.05) is 13.2 Å². The number of carbonyl (C=O) groups excluding carboxylic acids is 2. The first-order valence-electron chi connectivity index (χ1n) is 11.2. The zero-order valence-electron chi connectivity index (χ0n) is 19.1. The highest BCUT2D eigenvalue weighted by molar-refractivity contribution is 5.72. The van der Waals surface area contributed by atoms with Crippen molar-refractivity contribution in [3.05, 3.63) is 0 Å². The Hall–Kier alpha value is -1.22. The van der Waals surface area contributed by atoms with Gasteiger partial charge in [-0.1, -0.05) is 40.5 Å². The molecule has 0 radical (unpaired) electrons. The summed E-state index contributed by atoms with van der Waals surface area (Å²) in [5.74, 6) is -0.896. The second-order valence-corrected chi connectivity index (χ2v) is 7.75. The predicted octanol–water partition coefficient (Wildman–Crippen LogP) is 2.48. The summed E-state index contributed by atoms with van der Waals surface area (Å²) in [6, 6.07) is 0. The summed E-state index contributed by atoms with van der Waals surface area (Å²) in [4.78, 5) is 23.0. The first-order valence-corrected chi connectivity index (χ1v) is 11.2. The van der Waals surface area contributed by atoms with Crippen molar-refractivity contribution in [2.45, 2.75) is 78.4 Å². The maximum Gasteiger partial charge on any atom is 0.308 e. The van der Waals surface area contributed by atoms with Crippen LogP contribution in [0.1, 0.15) is 66.2 Å². The van der Waals surface area contributed by atoms with Crippen LogP contribution in [0.15, 0.2) is 0 Å². The lowest BCUT2D eigenvalue weighted by Gasteiger charge is -2.14. The molecule has 2 N–H and O–H groups in total. The molecule has 0 aromatic heterocycles. The van der Waals surface area contributed by atoms with Gasteiger partial charge in [0.1, 0.15) is 25.4 Å². The predicted molar refractivity (Wildman–Crippen MR) is 113 cm³/mol. The molecule has 0 heterocycles. The third kappa shape index (κ3) is 15.6. The molecule has 0 saturated carbocycles. The average molecular weight is 435 g/mol. The van der Waals surface area contributed by atoms with Crippen molar-refractivity contribution in [1.29, 1.82) is 0 Å². The average Bonchev–Trinajstić information content (AvgIpc) is 2.75. The molecule has 178 valence electrons. The Bertz CT molecular complexity index is 403. The van der Waals surface area contributed by atoms with Gasteiger partial charge in [-0.05, 0) is 25.7 Å². The van der Waals surface area contributed by atoms with Crippen molar-refractivity contribution in [1.82, 2.24) is 0 Å². The normalized spacial score (nSPS) is 15.3. The SMILES string of the molecule is CCC(C)C(=O)OCC(O)COCCCCCCOCC(O)COC(=O)C(C)CC. The molecule has 0 aliphatic rings. The fraction of sp³-hybridized carbons (Fsp3) is 0.909. The number of unbranched alkanes of at least 4 members (excludes halogenated alkanes) is 3. The first kappa shape index (κ1) is 28.8. The van der Waals surface area contributed by atoms with E-state index in [9.17, 15) is 19.8 Å². The Morgan fingerprint density at radius 3 is 1.37 bits per heavy atom. The summed E-state index contributed by atoms with van der Waals surface area (Å²) in [6.45, 7) is 8.71. The molecule has 0 aliphatic heterocycles. The molecule has 0 rings (SSSR count). The van der Waals surface area contributed by atoms with Crippen molar-refractivity contribution >= 4 is 11.9 Å². The minimum absolute atomic E-state index is 0.0385. The Morgan fingerprint density at radius 2 is 1.03 bits per heavy atom. The molecule has 0 bridgehead atoms. The monoisotopic (exact) mass is 434 g/mol. The Morgan fingerprint density at radius 1 is 0.667 bits per heavy atom. The second-order valence-electron chi connectivity index (χ2n) is 7.75. The Balaban J connectivity index is 3.45. The fourth-order valence-corrected chi connectivity index (χ4v) is 2.27. The van der Waals surface area contributed by atoms with Crippen LogP contribution in [0.3, 0.4) is 0 Å². The van der Waals surface area contributed by atoms with Crippen LogP contribution in [0.2, 0.25) is 0 Å². The van der Waals surface area contributed by atoms with Crippen molar-refractivity contribution in [3.8, 4) is 0 Å². The number of esters is 2. The van der Waals surface area contributed by atoms with E-state index in [1.807, 2.05) is 13.8 Å². The summed E-state index contributed by atoms with van der Waals surface area (Å²) in [6.07, 6.45) is 3.50. The highest BCUT2D eigenvalue weighted by atomic mass is 16.6. The van der Waals surface area contributed by atoms with E-state index in [0.717, 1.165) is 25.7 Å². The maximum atomic E-state index is 11.5. The molecule has 0 aliphatic carbocycles. The third-order valence-electron chi connectivity index (χ3n) is 4.81. The van der Waals surface area contributed by atoms with E-state index in [0.29, 0.717) is 26.1 Å². The number of carbonyl (C=O) groups is 2. The molecule has 0 amide bonds. The third-order valence-corrected chi connectivity index (χ3v) is 4.81. The number of ether oxygens (including phenoxy) is 4. The molecule has 0 saturated heterocycles. The van der Waals surface area contributed by atoms with E-state index >= 15 is 0 Å². The minimum Gasteiger partial charge on any atom is -0.463 e. The lowest BCUT2D eigenvalue weighted by Crippen LogP contribution is -2.26. The molecular weight excluding hydrogens is 392 g/mol. The molecule has 8 heteroatoms. The van der Waals surface area contributed by atoms with Crippen LogP contribution in [0.4, 0.5) is 0 Å². The van der Waals surface area contributed by atoms with E-state index in [2.05, 4.69) is 0 Å². The van der Waals surface area contributed by atoms with Crippen LogP contribution >= 0.6 is 0 Å². The summed E-state index contributed by atoms with van der Waals surface area (Å²) in [5.41, 5.74) is 0. The number of hydrogen-bond acceptors (Lipinski definition) is 8. The molecule has 4 unspecified atom stereocenters. The number of hydrogen-bond donors (Lipinski definition) is 2. The summed E-state index contributed by atoms with van der Waals surface area (Å²) in [7, 11) is 0. The molecule has 0 aromatic rings. The van der Waals surface area contributed by atoms with Crippen molar-refractivity contribution in [2.75, 3.05) is 39.6 Å². The lowest BCUT2D eigenvalue weighted by molar-refractivity contribution is -0.153. The van der Waals surface area contributed by atoms with Gasteiger partial charge >= 0.3 is 11.9 Å². The maximum absolute atomic E-state index is 11.5. The molecule has 8 nitrogen and oxygen atoms in total. The van der Waals surface area contributed by atoms with Gasteiger partial charge in [-0.25, -0.2) is 0 Å². The fourth-order valence-electron chi connectivity index (χ4n) is 2.27. The van der Waals surface area contributed by atoms with Crippen LogP contribution in [0.5, 0.6) is 0 Å². The second kappa shape index (κ2) is 18.5. The van der Waals surface area contributed by atoms with Crippen LogP contribution in [-0.2, 0) is 28.5 Å². The van der Waals surface area contributed by atoms with E-state index in [1.54, 1.807) is 13.8 Å². The zero-order valence-corrected chi connectivity index (χ0v) is 19.1. The summed E-state index contributed by atoms with van der Waals surface area (Å²) < 4.78 is 20.8. The smallest absolute Gasteiger partial charge is 0.308 e. The van der Waals surface area contributed by atoms with E-state index in [-0.39, 0.29) is 50.2 Å². The van der Waals surface area contributed by atoms with Crippen LogP contribution in [0, 0.1) is 11.8 Å². The highest BCUT2D eigenvalue weighted by Gasteiger charge is 2.15. The van der Waals surface area contributed by atoms with Gasteiger partial charge in [0.05, 0.1) is 25.0 Å². The highest BCUT2D eigenvalue weighted by Crippen LogP contribution is 2.05. The minimum atomic E-state index is -0.803. The number of rotatable bonds is 19. The standard InChI is InChI=1S/C22H42O8/c1-5-17(3)21(25)29-15-19(23)13-27-11-9-7-8-10-12-28-14-20(24)16-30-22(26)18(4)6-2/h17-20,23-24H,5-16H2,1-4H3. The van der Waals surface area contributed by atoms with Gasteiger partial charge in [0.2, 0.25) is 0 Å². The number of aliphatic hydroxyl groups is 2. The number of aliphatic hydroxyl groups excluding tert-OH is 2. The largest absolute Gasteiger partial charge is 0.463 e. The first-order chi connectivity index (χ1) is 14.3. The van der Waals surface area contributed by atoms with Gasteiger partial charge in [0.15, 0.2) is 0 Å². The van der Waals surface area contributed by atoms with E-state index < -0.39 is 12.2 Å². The van der Waals surface area contributed by atoms with Gasteiger partial charge in [0.25, 0.3) is 0 Å². The molecule has 0 spiro atoms. The molecule has 30 heavy (non-hydrogen) atoms. The van der Waals surface area contributed by atoms with Crippen LogP contribution in [0.25, 0.3) is 0 Å². The summed E-state index contributed by atoms with van der Waals surface area (Å²) >= 11 is 0. The molecular formula is C22H42O8. The van der Waals surface area contributed by atoms with Gasteiger partial charge in [-0.2, -0.15) is 0 Å². The van der Waals surface area contributed by atoms with Crippen molar-refractivity contribution in [2.24, 2.45) is 11.8 Å². The van der Waals surface area contributed by atoms with Crippen LogP contribution in [-0.4, -0.2) is 74.0 Å². The topological polar surface area (TPSA) is 112 Å². The zero-order chi connectivity index (χ0) is 22.8. The van der Waals surface area contributed by atoms with Crippen molar-refractivity contribution in [3.63, 3.8) is 0 Å². The van der Waals surface area contributed by atoms with Gasteiger partial charge in [-0.3, -0.25) is 9.59 Å². The molecule has 0 fully saturated rings. The Labute approximate surface area is 181 Å². The lowest BCUT2D eigenvalue weighted by atomic mass is 10.1. The van der Waals surface area contributed by atoms with Crippen LogP contribution < -0.4 is 0 Å². The molecule has 0 aromatic carbocycles. The molecule has 4 atom stereocenters. The van der Waals surface area contributed by atoms with Gasteiger partial charge < -0.3 is 29.2 Å².